The highest BCUT2D eigenvalue weighted by atomic mass is 16.5. The number of carbonyl (C=O) groups is 2. The predicted octanol–water partition coefficient (Wildman–Crippen LogP) is 6.31. The summed E-state index contributed by atoms with van der Waals surface area (Å²) in [5.74, 6) is -0.853. The third-order valence-corrected chi connectivity index (χ3v) is 4.92. The van der Waals surface area contributed by atoms with Crippen molar-refractivity contribution in [3.63, 3.8) is 0 Å². The van der Waals surface area contributed by atoms with Crippen LogP contribution in [0.4, 0.5) is 17.1 Å². The van der Waals surface area contributed by atoms with Crippen LogP contribution in [0.1, 0.15) is 23.6 Å². The molecule has 0 spiro atoms. The van der Waals surface area contributed by atoms with Crippen molar-refractivity contribution in [3.8, 4) is 0 Å². The fourth-order valence-electron chi connectivity index (χ4n) is 3.18. The maximum Gasteiger partial charge on any atom is 0.333 e. The minimum Gasteiger partial charge on any atom is -0.458 e. The first-order valence-corrected chi connectivity index (χ1v) is 10.5. The number of hydrogen-bond acceptors (Lipinski definition) is 5. The normalized spacial score (nSPS) is 10.2. The number of benzene rings is 3. The quantitative estimate of drug-likeness (QED) is 0.288. The monoisotopic (exact) mass is 441 g/mol. The first-order valence-electron chi connectivity index (χ1n) is 10.5. The lowest BCUT2D eigenvalue weighted by Gasteiger charge is -2.26. The van der Waals surface area contributed by atoms with Gasteiger partial charge in [-0.25, -0.2) is 9.59 Å². The van der Waals surface area contributed by atoms with Gasteiger partial charge in [0.15, 0.2) is 0 Å². The molecule has 0 amide bonds. The SMILES string of the molecule is C=CC(=O)OCc1ccc(N(c2ccc(COC(=O)C(=C)C)cc2)c2cccc(C)c2)cc1. The standard InChI is InChI=1S/C28H27NO4/c1-5-27(30)32-18-22-9-13-24(14-10-22)29(26-8-6-7-21(4)17-26)25-15-11-23(12-16-25)19-33-28(31)20(2)3/h5-17H,1-2,18-19H2,3-4H3. The second-order valence-corrected chi connectivity index (χ2v) is 7.68. The van der Waals surface area contributed by atoms with Crippen LogP contribution < -0.4 is 4.90 Å². The Kier molecular flexibility index (Phi) is 7.82. The van der Waals surface area contributed by atoms with Crippen molar-refractivity contribution in [1.82, 2.24) is 0 Å². The van der Waals surface area contributed by atoms with E-state index in [1.807, 2.05) is 54.6 Å². The Morgan fingerprint density at radius 1 is 0.848 bits per heavy atom. The van der Waals surface area contributed by atoms with Gasteiger partial charge in [-0.05, 0) is 66.9 Å². The Balaban J connectivity index is 1.86. The predicted molar refractivity (Wildman–Crippen MR) is 130 cm³/mol. The van der Waals surface area contributed by atoms with Gasteiger partial charge >= 0.3 is 11.9 Å². The molecule has 0 bridgehead atoms. The van der Waals surface area contributed by atoms with Gasteiger partial charge in [0, 0.05) is 28.7 Å². The van der Waals surface area contributed by atoms with Crippen LogP contribution in [0.15, 0.2) is 97.6 Å². The van der Waals surface area contributed by atoms with Crippen molar-refractivity contribution in [3.05, 3.63) is 114 Å². The summed E-state index contributed by atoms with van der Waals surface area (Å²) in [6.45, 7) is 11.1. The number of esters is 2. The number of anilines is 3. The summed E-state index contributed by atoms with van der Waals surface area (Å²) < 4.78 is 10.4. The minimum atomic E-state index is -0.450. The summed E-state index contributed by atoms with van der Waals surface area (Å²) in [6.07, 6.45) is 1.15. The van der Waals surface area contributed by atoms with E-state index in [9.17, 15) is 9.59 Å². The number of nitrogens with zero attached hydrogens (tertiary/aromatic N) is 1. The average molecular weight is 442 g/mol. The van der Waals surface area contributed by atoms with E-state index in [0.29, 0.717) is 5.57 Å². The molecule has 3 aromatic rings. The Morgan fingerprint density at radius 3 is 1.88 bits per heavy atom. The van der Waals surface area contributed by atoms with Gasteiger partial charge in [0.05, 0.1) is 0 Å². The van der Waals surface area contributed by atoms with E-state index in [0.717, 1.165) is 39.8 Å². The number of rotatable bonds is 9. The first kappa shape index (κ1) is 23.5. The van der Waals surface area contributed by atoms with Gasteiger partial charge in [0.25, 0.3) is 0 Å². The second kappa shape index (κ2) is 11.0. The highest BCUT2D eigenvalue weighted by Crippen LogP contribution is 2.35. The van der Waals surface area contributed by atoms with Crippen LogP contribution in [0.2, 0.25) is 0 Å². The number of hydrogen-bond donors (Lipinski definition) is 0. The molecule has 33 heavy (non-hydrogen) atoms. The van der Waals surface area contributed by atoms with Crippen LogP contribution in [0.3, 0.4) is 0 Å². The van der Waals surface area contributed by atoms with Crippen LogP contribution >= 0.6 is 0 Å². The molecule has 0 aromatic heterocycles. The smallest absolute Gasteiger partial charge is 0.333 e. The van der Waals surface area contributed by atoms with E-state index >= 15 is 0 Å². The summed E-state index contributed by atoms with van der Waals surface area (Å²) in [4.78, 5) is 25.1. The van der Waals surface area contributed by atoms with Crippen LogP contribution in [-0.2, 0) is 32.3 Å². The lowest BCUT2D eigenvalue weighted by atomic mass is 10.1. The summed E-state index contributed by atoms with van der Waals surface area (Å²) in [5.41, 5.74) is 6.23. The fraction of sp³-hybridized carbons (Fsp3) is 0.143. The van der Waals surface area contributed by atoms with Crippen LogP contribution in [-0.4, -0.2) is 11.9 Å². The molecule has 0 radical (unpaired) electrons. The zero-order valence-corrected chi connectivity index (χ0v) is 18.9. The van der Waals surface area contributed by atoms with Gasteiger partial charge in [-0.15, -0.1) is 0 Å². The summed E-state index contributed by atoms with van der Waals surface area (Å²) in [7, 11) is 0. The first-order chi connectivity index (χ1) is 15.9. The Bertz CT molecular complexity index is 1150. The molecule has 0 fully saturated rings. The molecule has 3 aromatic carbocycles. The average Bonchev–Trinajstić information content (AvgIpc) is 2.82. The van der Waals surface area contributed by atoms with Crippen molar-refractivity contribution in [1.29, 1.82) is 0 Å². The highest BCUT2D eigenvalue weighted by Gasteiger charge is 2.13. The van der Waals surface area contributed by atoms with E-state index in [1.165, 1.54) is 0 Å². The summed E-state index contributed by atoms with van der Waals surface area (Å²) >= 11 is 0. The zero-order chi connectivity index (χ0) is 23.8. The maximum absolute atomic E-state index is 11.7. The molecule has 5 heteroatoms. The van der Waals surface area contributed by atoms with Gasteiger partial charge in [-0.1, -0.05) is 49.6 Å². The lowest BCUT2D eigenvalue weighted by molar-refractivity contribution is -0.140. The fourth-order valence-corrected chi connectivity index (χ4v) is 3.18. The van der Waals surface area contributed by atoms with Gasteiger partial charge in [0.2, 0.25) is 0 Å². The molecule has 0 aliphatic heterocycles. The molecular weight excluding hydrogens is 414 g/mol. The van der Waals surface area contributed by atoms with Gasteiger partial charge in [-0.2, -0.15) is 0 Å². The molecule has 168 valence electrons. The van der Waals surface area contributed by atoms with Crippen molar-refractivity contribution in [2.45, 2.75) is 27.1 Å². The van der Waals surface area contributed by atoms with Gasteiger partial charge < -0.3 is 14.4 Å². The Labute approximate surface area is 194 Å². The molecule has 0 atom stereocenters. The number of aryl methyl sites for hydroxylation is 1. The zero-order valence-electron chi connectivity index (χ0n) is 18.9. The molecule has 3 rings (SSSR count). The third kappa shape index (κ3) is 6.43. The largest absolute Gasteiger partial charge is 0.458 e. The van der Waals surface area contributed by atoms with Crippen molar-refractivity contribution in [2.75, 3.05) is 4.90 Å². The van der Waals surface area contributed by atoms with E-state index in [1.54, 1.807) is 6.92 Å². The topological polar surface area (TPSA) is 55.8 Å². The van der Waals surface area contributed by atoms with E-state index < -0.39 is 11.9 Å². The Hall–Kier alpha value is -4.12. The molecule has 0 heterocycles. The molecule has 5 nitrogen and oxygen atoms in total. The minimum absolute atomic E-state index is 0.188. The van der Waals surface area contributed by atoms with E-state index in [2.05, 4.69) is 43.2 Å². The van der Waals surface area contributed by atoms with Crippen molar-refractivity contribution >= 4 is 29.0 Å². The van der Waals surface area contributed by atoms with Crippen molar-refractivity contribution < 1.29 is 19.1 Å². The van der Waals surface area contributed by atoms with Gasteiger partial charge in [0.1, 0.15) is 13.2 Å². The van der Waals surface area contributed by atoms with Gasteiger partial charge in [-0.3, -0.25) is 0 Å². The van der Waals surface area contributed by atoms with E-state index in [-0.39, 0.29) is 13.2 Å². The second-order valence-electron chi connectivity index (χ2n) is 7.68. The van der Waals surface area contributed by atoms with Crippen LogP contribution in [0, 0.1) is 6.92 Å². The third-order valence-electron chi connectivity index (χ3n) is 4.92. The molecule has 0 saturated carbocycles. The Morgan fingerprint density at radius 2 is 1.39 bits per heavy atom. The number of ether oxygens (including phenoxy) is 2. The lowest BCUT2D eigenvalue weighted by Crippen LogP contribution is -2.10. The molecule has 0 N–H and O–H groups in total. The molecular formula is C28H27NO4. The van der Waals surface area contributed by atoms with Crippen molar-refractivity contribution in [2.24, 2.45) is 0 Å². The molecule has 0 saturated heterocycles. The summed E-state index contributed by atoms with van der Waals surface area (Å²) in [6, 6.07) is 23.9. The summed E-state index contributed by atoms with van der Waals surface area (Å²) in [5, 5.41) is 0. The van der Waals surface area contributed by atoms with E-state index in [4.69, 9.17) is 9.47 Å². The molecule has 0 aliphatic rings. The maximum atomic E-state index is 11.7. The number of carbonyl (C=O) groups excluding carboxylic acids is 2. The highest BCUT2D eigenvalue weighted by molar-refractivity contribution is 5.87. The molecule has 0 aliphatic carbocycles. The van der Waals surface area contributed by atoms with Crippen LogP contribution in [0.25, 0.3) is 0 Å². The van der Waals surface area contributed by atoms with Crippen LogP contribution in [0.5, 0.6) is 0 Å². The molecule has 0 unspecified atom stereocenters.